The van der Waals surface area contributed by atoms with Gasteiger partial charge in [0, 0.05) is 103 Å². The number of halogens is 2. The highest BCUT2D eigenvalue weighted by molar-refractivity contribution is 6.50. The Bertz CT molecular complexity index is 8360. The summed E-state index contributed by atoms with van der Waals surface area (Å²) in [5.41, 5.74) is 22.8. The maximum Gasteiger partial charge on any atom is 0.209 e. The van der Waals surface area contributed by atoms with E-state index in [1.165, 1.54) is 57.6 Å². The van der Waals surface area contributed by atoms with E-state index in [0.29, 0.717) is 69.5 Å². The van der Waals surface area contributed by atoms with E-state index in [-0.39, 0.29) is 83.1 Å². The van der Waals surface area contributed by atoms with Gasteiger partial charge in [-0.05, 0) is 232 Å². The summed E-state index contributed by atoms with van der Waals surface area (Å²) in [5.74, 6) is 3.51. The Labute approximate surface area is 816 Å². The molecule has 0 saturated carbocycles. The van der Waals surface area contributed by atoms with E-state index in [9.17, 15) is 33.6 Å². The summed E-state index contributed by atoms with van der Waals surface area (Å²) < 4.78 is 31.0. The van der Waals surface area contributed by atoms with Crippen molar-refractivity contribution in [3.05, 3.63) is 483 Å². The molecule has 680 valence electrons. The predicted molar refractivity (Wildman–Crippen MR) is 551 cm³/mol. The van der Waals surface area contributed by atoms with Crippen molar-refractivity contribution in [3.63, 3.8) is 0 Å². The first-order valence-electron chi connectivity index (χ1n) is 46.4. The average molecular weight is 1870 g/mol. The lowest BCUT2D eigenvalue weighted by molar-refractivity contribution is 0.0974. The third-order valence-electron chi connectivity index (χ3n) is 28.3. The van der Waals surface area contributed by atoms with Gasteiger partial charge in [-0.3, -0.25) is 53.2 Å². The number of fused-ring (bicyclic) bond motifs is 14. The summed E-state index contributed by atoms with van der Waals surface area (Å²) in [4.78, 5) is 100. The highest BCUT2D eigenvalue weighted by Crippen LogP contribution is 2.62. The van der Waals surface area contributed by atoms with Crippen molar-refractivity contribution in [2.24, 2.45) is 0 Å². The molecule has 13 aromatic carbocycles. The quantitative estimate of drug-likeness (QED) is 0.0975. The number of carbonyl (C=O) groups excluding carboxylic acids is 7. The molecule has 0 spiro atoms. The second-order valence-electron chi connectivity index (χ2n) is 37.8. The fraction of sp³-hybridized carbons (Fsp3) is 0.107. The van der Waals surface area contributed by atoms with E-state index < -0.39 is 11.6 Å². The number of hydrogen-bond acceptors (Lipinski definition) is 16. The molecule has 26 rings (SSSR count). The molecule has 18 aromatic rings. The fourth-order valence-electron chi connectivity index (χ4n) is 21.0. The molecule has 0 radical (unpaired) electrons. The van der Waals surface area contributed by atoms with Crippen LogP contribution in [0, 0.1) is 13.8 Å². The Morgan fingerprint density at radius 3 is 1.28 bits per heavy atom. The molecule has 9 heterocycles. The van der Waals surface area contributed by atoms with Crippen molar-refractivity contribution in [2.75, 3.05) is 19.6 Å². The van der Waals surface area contributed by atoms with Crippen LogP contribution in [-0.2, 0) is 29.1 Å². The fourth-order valence-corrected chi connectivity index (χ4v) is 21.5. The molecule has 0 saturated heterocycles. The number of para-hydroxylation sites is 7. The van der Waals surface area contributed by atoms with Crippen molar-refractivity contribution in [1.82, 2.24) is 0 Å². The van der Waals surface area contributed by atoms with Crippen LogP contribution in [0.25, 0.3) is 45.8 Å². The molecular formula is C122H86Cl2N4O12. The maximum atomic E-state index is 13.5. The molecule has 16 nitrogen and oxygen atoms in total. The number of allylic oxidation sites excluding steroid dienone is 4. The summed E-state index contributed by atoms with van der Waals surface area (Å²) in [6.45, 7) is 17.3. The van der Waals surface area contributed by atoms with Gasteiger partial charge in [0.15, 0.2) is 40.5 Å². The summed E-state index contributed by atoms with van der Waals surface area (Å²) in [6.07, 6.45) is 9.51. The molecule has 140 heavy (non-hydrogen) atoms. The zero-order valence-corrected chi connectivity index (χ0v) is 78.9. The number of anilines is 12. The van der Waals surface area contributed by atoms with Crippen LogP contribution in [0.3, 0.4) is 0 Å². The molecule has 5 aromatic heterocycles. The van der Waals surface area contributed by atoms with E-state index in [4.69, 9.17) is 45.3 Å². The summed E-state index contributed by atoms with van der Waals surface area (Å²) in [7, 11) is 0. The van der Waals surface area contributed by atoms with Gasteiger partial charge in [-0.2, -0.15) is 0 Å². The Morgan fingerprint density at radius 1 is 0.307 bits per heavy atom. The van der Waals surface area contributed by atoms with Crippen molar-refractivity contribution < 1.29 is 55.6 Å². The Hall–Kier alpha value is -16.8. The molecule has 18 heteroatoms. The monoisotopic (exact) mass is 1870 g/mol. The van der Waals surface area contributed by atoms with Gasteiger partial charge >= 0.3 is 0 Å². The number of ketones is 7. The van der Waals surface area contributed by atoms with Crippen LogP contribution >= 0.6 is 23.2 Å². The highest BCUT2D eigenvalue weighted by atomic mass is 35.5. The highest BCUT2D eigenvalue weighted by Gasteiger charge is 2.49. The summed E-state index contributed by atoms with van der Waals surface area (Å²) in [5, 5.41) is 4.56. The largest absolute Gasteiger partial charge is 0.448 e. The van der Waals surface area contributed by atoms with E-state index in [2.05, 4.69) is 147 Å². The predicted octanol–water partition coefficient (Wildman–Crippen LogP) is 30.9. The summed E-state index contributed by atoms with van der Waals surface area (Å²) >= 11 is 12.5. The maximum absolute atomic E-state index is 13.5. The SMILES string of the molecule is CC1(C)c2ccccc2N(c2ccccc2)c2oc(C=C3C(=O)c4c(Cl)ccc(Cl)c4C3=O)cc21.CC1(C)c2ccccc2N2c3oc(/C=C4/Cc5cc6ccccc6cc5C4=O)cc3C(C)(C)c3cccc1c32.Cc1cc2c(cc1C)C(=O)C(=Cc1ccc(N(c3ccccc3)c3ccco3)o1)C2=O.O=C1C(=Cc2cc3c(o2)N(c2ccccc2)c2ccccc2C3)C(=O)c2cc3ccccc3cc21. The van der Waals surface area contributed by atoms with Gasteiger partial charge in [-0.25, -0.2) is 0 Å². The van der Waals surface area contributed by atoms with Gasteiger partial charge in [-0.1, -0.05) is 247 Å². The Balaban J connectivity index is 0.000000104. The summed E-state index contributed by atoms with van der Waals surface area (Å²) in [6, 6.07) is 105. The lowest BCUT2D eigenvalue weighted by Gasteiger charge is -2.47. The van der Waals surface area contributed by atoms with E-state index in [0.717, 1.165) is 118 Å². The van der Waals surface area contributed by atoms with Crippen molar-refractivity contribution in [2.45, 2.75) is 84.5 Å². The lowest BCUT2D eigenvalue weighted by atomic mass is 9.67. The standard InChI is InChI=1S/C36H29NO2.C31H19NO3.C29H19Cl2NO3.C26H19NO4/c1-35(2)27-12-7-8-15-31(27)37-32-28(35)13-9-14-29(32)36(3,4)30-20-25(39-34(30)37)18-24-17-23-16-21-10-5-6-11-22(21)19-26(23)33(24)38;33-29-25-16-19-8-4-5-9-20(19)17-26(25)30(34)27(29)18-24-15-22-14-21-10-6-7-13-28(21)32(31(22)35-24)23-11-2-1-3-12-23;1-29(2)19-10-6-7-11-23(19)32(16-8-4-3-5-9-16)28-20(29)15-17(35-28)14-18-26(33)24-21(30)12-13-22(31)25(24)27(18)34;1-16-13-20-21(14-17(16)2)26(29)22(25(20)28)15-19-10-11-24(31-19)27(23-9-6-12-30-23)18-7-4-3-5-8-18/h5-16,18-20H,17H2,1-4H3;1-13,15-18H,14H2;3-15H,1-2H3;3-15H,1-2H3/b24-18-;;;. The molecule has 8 aliphatic rings. The number of hydrogen-bond donors (Lipinski definition) is 0. The zero-order chi connectivity index (χ0) is 96.2. The number of aryl methyl sites for hydroxylation is 2. The smallest absolute Gasteiger partial charge is 0.209 e. The van der Waals surface area contributed by atoms with Crippen molar-refractivity contribution in [1.29, 1.82) is 0 Å². The second-order valence-corrected chi connectivity index (χ2v) is 38.6. The molecule has 0 unspecified atom stereocenters. The molecule has 0 bridgehead atoms. The minimum Gasteiger partial charge on any atom is -0.448 e. The number of nitrogens with zero attached hydrogens (tertiary/aromatic N) is 4. The number of Topliss-reactive ketones (excluding diaryl/α,β-unsaturated/α-hetero) is 7. The second kappa shape index (κ2) is 33.6. The zero-order valence-electron chi connectivity index (χ0n) is 77.3. The minimum absolute atomic E-state index is 0.0114. The first kappa shape index (κ1) is 87.3. The Morgan fingerprint density at radius 2 is 0.729 bits per heavy atom. The topological polar surface area (TPSA) is 198 Å². The van der Waals surface area contributed by atoms with Crippen molar-refractivity contribution in [3.8, 4) is 0 Å². The van der Waals surface area contributed by atoms with Gasteiger partial charge in [0.1, 0.15) is 23.0 Å². The first-order valence-corrected chi connectivity index (χ1v) is 47.1. The third-order valence-corrected chi connectivity index (χ3v) is 28.9. The molecular weight excluding hydrogens is 1780 g/mol. The number of benzene rings is 13. The molecule has 0 amide bonds. The van der Waals surface area contributed by atoms with Gasteiger partial charge in [0.25, 0.3) is 0 Å². The van der Waals surface area contributed by atoms with Crippen molar-refractivity contribution >= 4 is 179 Å². The van der Waals surface area contributed by atoms with Crippen LogP contribution in [-0.4, -0.2) is 40.5 Å². The van der Waals surface area contributed by atoms with Crippen LogP contribution in [0.5, 0.6) is 0 Å². The van der Waals surface area contributed by atoms with Gasteiger partial charge in [-0.15, -0.1) is 0 Å². The van der Waals surface area contributed by atoms with Gasteiger partial charge in [0.2, 0.25) is 29.4 Å². The molecule has 0 N–H and O–H groups in total. The minimum atomic E-state index is -0.450. The Kier molecular flexibility index (Phi) is 20.9. The van der Waals surface area contributed by atoms with E-state index >= 15 is 0 Å². The average Bonchev–Trinajstić information content (AvgIpc) is 1.29. The number of furan rings is 5. The molecule has 0 atom stereocenters. The van der Waals surface area contributed by atoms with E-state index in [1.54, 1.807) is 42.7 Å². The van der Waals surface area contributed by atoms with E-state index in [1.807, 2.05) is 213 Å². The van der Waals surface area contributed by atoms with Crippen LogP contribution in [0.1, 0.15) is 198 Å². The lowest BCUT2D eigenvalue weighted by Crippen LogP contribution is -2.37. The first-order chi connectivity index (χ1) is 67.7. The molecule has 4 aliphatic heterocycles. The number of rotatable bonds is 9. The van der Waals surface area contributed by atoms with Crippen LogP contribution in [0.4, 0.5) is 69.2 Å². The normalized spacial score (nSPS) is 15.5. The van der Waals surface area contributed by atoms with Crippen LogP contribution in [0.2, 0.25) is 10.0 Å². The molecule has 0 fully saturated rings. The number of carbonyl (C=O) groups is 7. The van der Waals surface area contributed by atoms with Gasteiger partial charge < -0.3 is 22.1 Å². The third kappa shape index (κ3) is 14.4. The van der Waals surface area contributed by atoms with Crippen LogP contribution < -0.4 is 19.6 Å². The molecule has 4 aliphatic carbocycles. The van der Waals surface area contributed by atoms with Gasteiger partial charge in [0.05, 0.1) is 72.6 Å². The van der Waals surface area contributed by atoms with Crippen LogP contribution in [0.15, 0.2) is 372 Å².